The number of hydrogen-bond donors (Lipinski definition) is 1. The van der Waals surface area contributed by atoms with Crippen LogP contribution in [-0.2, 0) is 16.4 Å². The number of halogens is 1. The second kappa shape index (κ2) is 6.23. The summed E-state index contributed by atoms with van der Waals surface area (Å²) in [6.07, 6.45) is 0.436. The van der Waals surface area contributed by atoms with Crippen molar-refractivity contribution in [1.29, 1.82) is 0 Å². The topological polar surface area (TPSA) is 99.1 Å². The van der Waals surface area contributed by atoms with Crippen LogP contribution in [0.1, 0.15) is 11.5 Å². The Morgan fingerprint density at radius 2 is 1.78 bits per heavy atom. The van der Waals surface area contributed by atoms with Crippen LogP contribution in [0.25, 0.3) is 11.4 Å². The van der Waals surface area contributed by atoms with Crippen LogP contribution in [0.2, 0.25) is 0 Å². The Bertz CT molecular complexity index is 954. The smallest absolute Gasteiger partial charge is 0.238 e. The maximum Gasteiger partial charge on any atom is 0.238 e. The van der Waals surface area contributed by atoms with Crippen LogP contribution in [0.4, 0.5) is 0 Å². The molecule has 0 bridgehead atoms. The van der Waals surface area contributed by atoms with Crippen molar-refractivity contribution in [2.75, 3.05) is 0 Å². The first kappa shape index (κ1) is 15.9. The number of nitrogens with zero attached hydrogens (tertiary/aromatic N) is 2. The molecule has 1 aromatic heterocycles. The Labute approximate surface area is 141 Å². The average Bonchev–Trinajstić information content (AvgIpc) is 2.97. The second-order valence-electron chi connectivity index (χ2n) is 4.82. The molecule has 0 aliphatic heterocycles. The van der Waals surface area contributed by atoms with Gasteiger partial charge in [-0.3, -0.25) is 0 Å². The van der Waals surface area contributed by atoms with Gasteiger partial charge in [0, 0.05) is 10.0 Å². The lowest BCUT2D eigenvalue weighted by Crippen LogP contribution is -2.13. The summed E-state index contributed by atoms with van der Waals surface area (Å²) in [5.74, 6) is 0.577. The molecule has 8 heteroatoms. The molecular formula is C15H12BrN3O3S. The van der Waals surface area contributed by atoms with Gasteiger partial charge >= 0.3 is 0 Å². The minimum absolute atomic E-state index is 0.0340. The maximum absolute atomic E-state index is 11.7. The number of benzene rings is 2. The molecule has 0 aliphatic rings. The lowest BCUT2D eigenvalue weighted by atomic mass is 10.1. The first-order valence-electron chi connectivity index (χ1n) is 6.63. The van der Waals surface area contributed by atoms with Gasteiger partial charge in [0.05, 0.1) is 11.3 Å². The minimum atomic E-state index is -3.87. The lowest BCUT2D eigenvalue weighted by molar-refractivity contribution is 0.385. The summed E-state index contributed by atoms with van der Waals surface area (Å²) in [4.78, 5) is 4.24. The molecule has 1 heterocycles. The molecular weight excluding hydrogens is 382 g/mol. The van der Waals surface area contributed by atoms with Gasteiger partial charge in [-0.25, -0.2) is 13.6 Å². The number of nitrogens with two attached hydrogens (primary N) is 1. The molecule has 6 nitrogen and oxygen atoms in total. The van der Waals surface area contributed by atoms with E-state index in [4.69, 9.17) is 9.66 Å². The van der Waals surface area contributed by atoms with Gasteiger partial charge in [0.2, 0.25) is 21.7 Å². The van der Waals surface area contributed by atoms with Crippen molar-refractivity contribution < 1.29 is 12.9 Å². The van der Waals surface area contributed by atoms with E-state index in [0.29, 0.717) is 17.9 Å². The van der Waals surface area contributed by atoms with Gasteiger partial charge in [0.15, 0.2) is 0 Å². The molecule has 0 aliphatic carbocycles. The molecule has 0 radical (unpaired) electrons. The molecule has 3 aromatic rings. The van der Waals surface area contributed by atoms with E-state index in [2.05, 4.69) is 26.1 Å². The van der Waals surface area contributed by atoms with Gasteiger partial charge in [-0.05, 0) is 23.8 Å². The second-order valence-corrected chi connectivity index (χ2v) is 7.21. The molecule has 2 aromatic carbocycles. The number of rotatable bonds is 4. The van der Waals surface area contributed by atoms with Crippen LogP contribution in [0, 0.1) is 0 Å². The van der Waals surface area contributed by atoms with E-state index in [-0.39, 0.29) is 10.7 Å². The molecule has 3 rings (SSSR count). The van der Waals surface area contributed by atoms with Crippen LogP contribution in [0.15, 0.2) is 62.4 Å². The molecule has 0 fully saturated rings. The van der Waals surface area contributed by atoms with Crippen molar-refractivity contribution in [2.24, 2.45) is 5.14 Å². The van der Waals surface area contributed by atoms with Gasteiger partial charge in [0.25, 0.3) is 0 Å². The summed E-state index contributed by atoms with van der Waals surface area (Å²) in [5, 5.41) is 9.09. The van der Waals surface area contributed by atoms with E-state index < -0.39 is 10.0 Å². The van der Waals surface area contributed by atoms with Crippen LogP contribution >= 0.6 is 15.9 Å². The fourth-order valence-electron chi connectivity index (χ4n) is 2.14. The Balaban J connectivity index is 1.96. The number of hydrogen-bond acceptors (Lipinski definition) is 5. The number of sulfonamides is 1. The summed E-state index contributed by atoms with van der Waals surface area (Å²) < 4.78 is 29.5. The highest BCUT2D eigenvalue weighted by Gasteiger charge is 2.19. The molecule has 0 saturated carbocycles. The maximum atomic E-state index is 11.7. The van der Waals surface area contributed by atoms with Gasteiger partial charge in [0.1, 0.15) is 0 Å². The van der Waals surface area contributed by atoms with Gasteiger partial charge in [-0.2, -0.15) is 4.98 Å². The monoisotopic (exact) mass is 393 g/mol. The summed E-state index contributed by atoms with van der Waals surface area (Å²) in [5.41, 5.74) is 1.31. The first-order chi connectivity index (χ1) is 10.9. The van der Waals surface area contributed by atoms with E-state index in [0.717, 1.165) is 10.0 Å². The van der Waals surface area contributed by atoms with E-state index in [1.807, 2.05) is 24.3 Å². The molecule has 0 amide bonds. The largest absolute Gasteiger partial charge is 0.339 e. The predicted octanol–water partition coefficient (Wildman–Crippen LogP) is 2.74. The fourth-order valence-corrected chi connectivity index (χ4v) is 3.30. The van der Waals surface area contributed by atoms with Crippen molar-refractivity contribution in [1.82, 2.24) is 10.1 Å². The van der Waals surface area contributed by atoms with E-state index in [1.54, 1.807) is 18.2 Å². The molecule has 118 valence electrons. The third kappa shape index (κ3) is 3.49. The highest BCUT2D eigenvalue weighted by molar-refractivity contribution is 9.10. The molecule has 0 atom stereocenters. The SMILES string of the molecule is NS(=O)(=O)c1ccccc1-c1noc(Cc2ccccc2Br)n1. The van der Waals surface area contributed by atoms with Crippen molar-refractivity contribution in [2.45, 2.75) is 11.3 Å². The molecule has 0 spiro atoms. The quantitative estimate of drug-likeness (QED) is 0.734. The normalized spacial score (nSPS) is 11.6. The van der Waals surface area contributed by atoms with Crippen molar-refractivity contribution >= 4 is 26.0 Å². The van der Waals surface area contributed by atoms with Crippen LogP contribution in [-0.4, -0.2) is 18.6 Å². The summed E-state index contributed by atoms with van der Waals surface area (Å²) in [7, 11) is -3.87. The van der Waals surface area contributed by atoms with E-state index >= 15 is 0 Å². The number of primary sulfonamides is 1. The summed E-state index contributed by atoms with van der Waals surface area (Å²) in [6, 6.07) is 14.0. The highest BCUT2D eigenvalue weighted by atomic mass is 79.9. The molecule has 0 unspecified atom stereocenters. The Morgan fingerprint density at radius 1 is 1.09 bits per heavy atom. The lowest BCUT2D eigenvalue weighted by Gasteiger charge is -2.02. The van der Waals surface area contributed by atoms with Gasteiger partial charge in [-0.1, -0.05) is 51.4 Å². The molecule has 0 saturated heterocycles. The van der Waals surface area contributed by atoms with Crippen LogP contribution < -0.4 is 5.14 Å². The third-order valence-electron chi connectivity index (χ3n) is 3.20. The van der Waals surface area contributed by atoms with Crippen LogP contribution in [0.5, 0.6) is 0 Å². The Kier molecular flexibility index (Phi) is 4.29. The van der Waals surface area contributed by atoms with E-state index in [9.17, 15) is 8.42 Å². The zero-order valence-corrected chi connectivity index (χ0v) is 14.2. The van der Waals surface area contributed by atoms with Crippen LogP contribution in [0.3, 0.4) is 0 Å². The summed E-state index contributed by atoms with van der Waals surface area (Å²) >= 11 is 3.46. The Morgan fingerprint density at radius 3 is 2.52 bits per heavy atom. The standard InChI is InChI=1S/C15H12BrN3O3S/c16-12-7-3-1-5-10(12)9-14-18-15(19-22-14)11-6-2-4-8-13(11)23(17,20)21/h1-8H,9H2,(H2,17,20,21). The average molecular weight is 394 g/mol. The summed E-state index contributed by atoms with van der Waals surface area (Å²) in [6.45, 7) is 0. The zero-order valence-electron chi connectivity index (χ0n) is 11.8. The van der Waals surface area contributed by atoms with Crippen molar-refractivity contribution in [3.63, 3.8) is 0 Å². The third-order valence-corrected chi connectivity index (χ3v) is 4.94. The molecule has 2 N–H and O–H groups in total. The van der Waals surface area contributed by atoms with Gasteiger partial charge in [-0.15, -0.1) is 0 Å². The highest BCUT2D eigenvalue weighted by Crippen LogP contribution is 2.25. The minimum Gasteiger partial charge on any atom is -0.339 e. The van der Waals surface area contributed by atoms with Crippen molar-refractivity contribution in [3.05, 3.63) is 64.5 Å². The first-order valence-corrected chi connectivity index (χ1v) is 8.97. The Hall–Kier alpha value is -2.03. The number of aromatic nitrogens is 2. The molecule has 23 heavy (non-hydrogen) atoms. The fraction of sp³-hybridized carbons (Fsp3) is 0.0667. The zero-order chi connectivity index (χ0) is 16.4. The van der Waals surface area contributed by atoms with Crippen molar-refractivity contribution in [3.8, 4) is 11.4 Å². The van der Waals surface area contributed by atoms with Gasteiger partial charge < -0.3 is 4.52 Å². The van der Waals surface area contributed by atoms with E-state index in [1.165, 1.54) is 6.07 Å². The predicted molar refractivity (Wildman–Crippen MR) is 88.1 cm³/mol.